The predicted octanol–water partition coefficient (Wildman–Crippen LogP) is 8.17. The Morgan fingerprint density at radius 3 is 2.08 bits per heavy atom. The number of benzene rings is 3. The Kier molecular flexibility index (Phi) is 9.95. The Bertz CT molecular complexity index is 1810. The van der Waals surface area contributed by atoms with E-state index >= 15 is 0 Å². The quantitative estimate of drug-likeness (QED) is 0.164. The Balaban J connectivity index is 1.08. The van der Waals surface area contributed by atoms with Gasteiger partial charge in [-0.05, 0) is 74.8 Å². The van der Waals surface area contributed by atoms with Crippen molar-refractivity contribution in [1.29, 1.82) is 0 Å². The zero-order valence-electron chi connectivity index (χ0n) is 30.0. The SMILES string of the molecule is COc1cc(NC(=O)N2C3CCC2CC(Cc2cccc(NC(=O)Nc4cc(C(C)(C)C)nn4-c4ccc(C)cc4)c2)C3)cc(OC)c1OC. The number of aryl methyl sites for hydroxylation is 1. The molecule has 4 aromatic rings. The van der Waals surface area contributed by atoms with Crippen LogP contribution in [0.4, 0.5) is 26.8 Å². The van der Waals surface area contributed by atoms with Gasteiger partial charge in [-0.25, -0.2) is 14.3 Å². The number of rotatable bonds is 9. The Hall–Kier alpha value is -5.19. The van der Waals surface area contributed by atoms with Gasteiger partial charge in [0.05, 0.1) is 38.4 Å². The van der Waals surface area contributed by atoms with Gasteiger partial charge in [0.15, 0.2) is 11.5 Å². The van der Waals surface area contributed by atoms with Crippen molar-refractivity contribution < 1.29 is 23.8 Å². The maximum absolute atomic E-state index is 13.5. The number of piperidine rings is 1. The highest BCUT2D eigenvalue weighted by Gasteiger charge is 2.43. The number of nitrogens with one attached hydrogen (secondary N) is 3. The lowest BCUT2D eigenvalue weighted by Gasteiger charge is -2.39. The highest BCUT2D eigenvalue weighted by Crippen LogP contribution is 2.42. The summed E-state index contributed by atoms with van der Waals surface area (Å²) in [5.74, 6) is 2.49. The number of amides is 4. The van der Waals surface area contributed by atoms with Crippen molar-refractivity contribution in [2.75, 3.05) is 37.3 Å². The van der Waals surface area contributed by atoms with Crippen LogP contribution in [0.3, 0.4) is 0 Å². The fourth-order valence-corrected chi connectivity index (χ4v) is 7.24. The van der Waals surface area contributed by atoms with E-state index in [0.717, 1.165) is 60.3 Å². The molecule has 264 valence electrons. The molecule has 2 aliphatic rings. The van der Waals surface area contributed by atoms with Gasteiger partial charge in [0.2, 0.25) is 5.75 Å². The maximum Gasteiger partial charge on any atom is 0.324 e. The summed E-state index contributed by atoms with van der Waals surface area (Å²) in [6.07, 6.45) is 4.71. The van der Waals surface area contributed by atoms with Gasteiger partial charge in [0.25, 0.3) is 0 Å². The zero-order chi connectivity index (χ0) is 35.6. The molecule has 2 unspecified atom stereocenters. The summed E-state index contributed by atoms with van der Waals surface area (Å²) in [5, 5.41) is 13.9. The molecule has 2 bridgehead atoms. The van der Waals surface area contributed by atoms with Crippen LogP contribution in [0.1, 0.15) is 63.3 Å². The van der Waals surface area contributed by atoms with Gasteiger partial charge in [-0.3, -0.25) is 5.32 Å². The van der Waals surface area contributed by atoms with Gasteiger partial charge in [-0.15, -0.1) is 0 Å². The molecule has 2 fully saturated rings. The molecule has 1 aromatic heterocycles. The molecule has 11 heteroatoms. The topological polar surface area (TPSA) is 119 Å². The Morgan fingerprint density at radius 2 is 1.48 bits per heavy atom. The molecule has 6 rings (SSSR count). The molecule has 2 saturated heterocycles. The molecule has 4 amide bonds. The van der Waals surface area contributed by atoms with E-state index in [0.29, 0.717) is 34.7 Å². The van der Waals surface area contributed by atoms with Crippen molar-refractivity contribution in [3.8, 4) is 22.9 Å². The van der Waals surface area contributed by atoms with E-state index in [1.807, 2.05) is 60.4 Å². The standard InChI is InChI=1S/C39H48N6O5/c1-24-11-13-29(14-12-24)45-35(23-34(43-45)39(2,3)4)42-37(46)40-27-10-8-9-25(18-27)17-26-19-30-15-16-31(20-26)44(30)38(47)41-28-21-32(48-5)36(50-7)33(22-28)49-6/h8-14,18,21-23,26,30-31H,15-17,19-20H2,1-7H3,(H,41,47)(H2,40,42,46). The number of urea groups is 2. The second kappa shape index (κ2) is 14.3. The van der Waals surface area contributed by atoms with E-state index in [1.165, 1.54) is 0 Å². The van der Waals surface area contributed by atoms with Crippen molar-refractivity contribution in [2.24, 2.45) is 5.92 Å². The van der Waals surface area contributed by atoms with Gasteiger partial charge in [-0.1, -0.05) is 50.6 Å². The lowest BCUT2D eigenvalue weighted by molar-refractivity contribution is 0.131. The summed E-state index contributed by atoms with van der Waals surface area (Å²) >= 11 is 0. The number of methoxy groups -OCH3 is 3. The maximum atomic E-state index is 13.5. The minimum Gasteiger partial charge on any atom is -0.493 e. The first-order valence-electron chi connectivity index (χ1n) is 17.2. The Labute approximate surface area is 294 Å². The number of aromatic nitrogens is 2. The highest BCUT2D eigenvalue weighted by molar-refractivity contribution is 5.99. The van der Waals surface area contributed by atoms with Crippen LogP contribution in [0.5, 0.6) is 17.2 Å². The first-order chi connectivity index (χ1) is 23.9. The van der Waals surface area contributed by atoms with Crippen molar-refractivity contribution in [1.82, 2.24) is 14.7 Å². The number of hydrogen-bond acceptors (Lipinski definition) is 6. The van der Waals surface area contributed by atoms with E-state index in [-0.39, 0.29) is 29.6 Å². The second-order valence-electron chi connectivity index (χ2n) is 14.4. The summed E-state index contributed by atoms with van der Waals surface area (Å²) < 4.78 is 18.1. The molecule has 2 atom stereocenters. The summed E-state index contributed by atoms with van der Waals surface area (Å²) in [7, 11) is 4.67. The van der Waals surface area contributed by atoms with E-state index in [2.05, 4.69) is 42.8 Å². The number of carbonyl (C=O) groups excluding carboxylic acids is 2. The van der Waals surface area contributed by atoms with Crippen LogP contribution in [-0.4, -0.2) is 60.2 Å². The third kappa shape index (κ3) is 7.51. The monoisotopic (exact) mass is 680 g/mol. The minimum absolute atomic E-state index is 0.110. The van der Waals surface area contributed by atoms with Crippen LogP contribution in [-0.2, 0) is 11.8 Å². The van der Waals surface area contributed by atoms with Crippen LogP contribution in [0.15, 0.2) is 66.7 Å². The molecule has 2 aliphatic heterocycles. The van der Waals surface area contributed by atoms with E-state index in [9.17, 15) is 9.59 Å². The smallest absolute Gasteiger partial charge is 0.324 e. The van der Waals surface area contributed by atoms with Crippen LogP contribution >= 0.6 is 0 Å². The molecule has 3 N–H and O–H groups in total. The first-order valence-corrected chi connectivity index (χ1v) is 17.2. The number of anilines is 3. The highest BCUT2D eigenvalue weighted by atomic mass is 16.5. The fourth-order valence-electron chi connectivity index (χ4n) is 7.24. The van der Waals surface area contributed by atoms with Crippen molar-refractivity contribution >= 4 is 29.3 Å². The molecular weight excluding hydrogens is 632 g/mol. The van der Waals surface area contributed by atoms with Crippen molar-refractivity contribution in [3.63, 3.8) is 0 Å². The van der Waals surface area contributed by atoms with Crippen LogP contribution in [0.2, 0.25) is 0 Å². The summed E-state index contributed by atoms with van der Waals surface area (Å²) in [6, 6.07) is 21.4. The molecule has 0 radical (unpaired) electrons. The third-order valence-electron chi connectivity index (χ3n) is 9.69. The first kappa shape index (κ1) is 34.7. The number of ether oxygens (including phenoxy) is 3. The van der Waals surface area contributed by atoms with Crippen molar-refractivity contribution in [2.45, 2.75) is 77.3 Å². The second-order valence-corrected chi connectivity index (χ2v) is 14.4. The molecule has 3 heterocycles. The van der Waals surface area contributed by atoms with Gasteiger partial charge >= 0.3 is 12.1 Å². The predicted molar refractivity (Wildman–Crippen MR) is 196 cm³/mol. The van der Waals surface area contributed by atoms with E-state index in [4.69, 9.17) is 19.3 Å². The summed E-state index contributed by atoms with van der Waals surface area (Å²) in [5.41, 5.74) is 5.20. The lowest BCUT2D eigenvalue weighted by Crippen LogP contribution is -2.48. The molecule has 50 heavy (non-hydrogen) atoms. The molecule has 0 spiro atoms. The largest absolute Gasteiger partial charge is 0.493 e. The summed E-state index contributed by atoms with van der Waals surface area (Å²) in [4.78, 5) is 28.8. The minimum atomic E-state index is -0.333. The molecule has 3 aromatic carbocycles. The fraction of sp³-hybridized carbons (Fsp3) is 0.410. The lowest BCUT2D eigenvalue weighted by atomic mass is 9.86. The number of fused-ring (bicyclic) bond motifs is 2. The molecule has 0 aliphatic carbocycles. The Morgan fingerprint density at radius 1 is 0.820 bits per heavy atom. The van der Waals surface area contributed by atoms with Gasteiger partial charge in [0.1, 0.15) is 5.82 Å². The average molecular weight is 681 g/mol. The molecule has 0 saturated carbocycles. The zero-order valence-corrected chi connectivity index (χ0v) is 30.0. The number of carbonyl (C=O) groups is 2. The number of hydrogen-bond donors (Lipinski definition) is 3. The number of nitrogens with zero attached hydrogens (tertiary/aromatic N) is 3. The van der Waals surface area contributed by atoms with Gasteiger partial charge < -0.3 is 29.7 Å². The van der Waals surface area contributed by atoms with E-state index in [1.54, 1.807) is 38.1 Å². The van der Waals surface area contributed by atoms with Gasteiger partial charge in [-0.2, -0.15) is 5.10 Å². The van der Waals surface area contributed by atoms with Crippen LogP contribution < -0.4 is 30.2 Å². The third-order valence-corrected chi connectivity index (χ3v) is 9.69. The molecule has 11 nitrogen and oxygen atoms in total. The molecular formula is C39H48N6O5. The van der Waals surface area contributed by atoms with Gasteiger partial charge in [0, 0.05) is 41.4 Å². The van der Waals surface area contributed by atoms with Crippen LogP contribution in [0.25, 0.3) is 5.69 Å². The summed E-state index contributed by atoms with van der Waals surface area (Å²) in [6.45, 7) is 8.35. The van der Waals surface area contributed by atoms with Crippen molar-refractivity contribution in [3.05, 3.63) is 83.6 Å². The van der Waals surface area contributed by atoms with E-state index < -0.39 is 0 Å². The average Bonchev–Trinajstić information content (AvgIpc) is 3.63. The van der Waals surface area contributed by atoms with Crippen LogP contribution in [0, 0.1) is 12.8 Å². The normalized spacial score (nSPS) is 18.4.